The second kappa shape index (κ2) is 5.32. The second-order valence-electron chi connectivity index (χ2n) is 4.73. The Balaban J connectivity index is 2.03. The molecule has 1 fully saturated rings. The summed E-state index contributed by atoms with van der Waals surface area (Å²) in [4.78, 5) is 11.7. The minimum atomic E-state index is -0.0432. The topological polar surface area (TPSA) is 41.1 Å². The highest BCUT2D eigenvalue weighted by atomic mass is 16.2. The van der Waals surface area contributed by atoms with Crippen molar-refractivity contribution in [2.75, 3.05) is 6.54 Å². The van der Waals surface area contributed by atoms with Gasteiger partial charge in [0.25, 0.3) is 0 Å². The van der Waals surface area contributed by atoms with E-state index in [2.05, 4.69) is 36.6 Å². The number of carbonyl (C=O) groups is 1. The van der Waals surface area contributed by atoms with Crippen molar-refractivity contribution in [3.8, 4) is 0 Å². The van der Waals surface area contributed by atoms with Crippen molar-refractivity contribution in [2.45, 2.75) is 38.8 Å². The van der Waals surface area contributed by atoms with Crippen molar-refractivity contribution >= 4 is 5.91 Å². The average Bonchev–Trinajstić information content (AvgIpc) is 2.32. The number of rotatable bonds is 3. The molecule has 1 aromatic rings. The maximum absolute atomic E-state index is 11.7. The van der Waals surface area contributed by atoms with Crippen LogP contribution in [0.25, 0.3) is 0 Å². The fourth-order valence-corrected chi connectivity index (χ4v) is 2.40. The van der Waals surface area contributed by atoms with E-state index in [1.54, 1.807) is 0 Å². The Hall–Kier alpha value is -1.35. The Morgan fingerprint density at radius 3 is 2.88 bits per heavy atom. The van der Waals surface area contributed by atoms with Crippen molar-refractivity contribution in [3.63, 3.8) is 0 Å². The number of hydrogen-bond acceptors (Lipinski definition) is 2. The van der Waals surface area contributed by atoms with Crippen molar-refractivity contribution in [3.05, 3.63) is 35.4 Å². The fourth-order valence-electron chi connectivity index (χ4n) is 2.40. The van der Waals surface area contributed by atoms with Gasteiger partial charge in [0.15, 0.2) is 0 Å². The molecule has 3 nitrogen and oxygen atoms in total. The molecule has 2 atom stereocenters. The van der Waals surface area contributed by atoms with Crippen LogP contribution in [0.15, 0.2) is 24.3 Å². The molecule has 17 heavy (non-hydrogen) atoms. The van der Waals surface area contributed by atoms with Gasteiger partial charge in [0.05, 0.1) is 6.04 Å². The first-order chi connectivity index (χ1) is 8.18. The number of amides is 1. The highest BCUT2D eigenvalue weighted by Gasteiger charge is 2.23. The minimum absolute atomic E-state index is 0.0432. The van der Waals surface area contributed by atoms with E-state index in [0.29, 0.717) is 0 Å². The first-order valence-electron chi connectivity index (χ1n) is 6.28. The SMILES string of the molecule is Cc1ccccc1C(C)NC1CCCNC1=O. The van der Waals surface area contributed by atoms with Gasteiger partial charge in [0, 0.05) is 12.6 Å². The predicted octanol–water partition coefficient (Wildman–Crippen LogP) is 1.92. The molecular weight excluding hydrogens is 212 g/mol. The summed E-state index contributed by atoms with van der Waals surface area (Å²) in [6, 6.07) is 8.48. The second-order valence-corrected chi connectivity index (χ2v) is 4.73. The van der Waals surface area contributed by atoms with Crippen LogP contribution in [0, 0.1) is 6.92 Å². The summed E-state index contributed by atoms with van der Waals surface area (Å²) in [5.74, 6) is 0.136. The Morgan fingerprint density at radius 1 is 1.41 bits per heavy atom. The largest absolute Gasteiger partial charge is 0.355 e. The first kappa shape index (κ1) is 12.1. The van der Waals surface area contributed by atoms with E-state index in [-0.39, 0.29) is 18.0 Å². The van der Waals surface area contributed by atoms with Gasteiger partial charge in [-0.15, -0.1) is 0 Å². The van der Waals surface area contributed by atoms with Gasteiger partial charge in [0.1, 0.15) is 0 Å². The quantitative estimate of drug-likeness (QED) is 0.836. The smallest absolute Gasteiger partial charge is 0.237 e. The van der Waals surface area contributed by atoms with Gasteiger partial charge in [-0.2, -0.15) is 0 Å². The van der Waals surface area contributed by atoms with E-state index in [1.165, 1.54) is 11.1 Å². The number of aryl methyl sites for hydroxylation is 1. The monoisotopic (exact) mass is 232 g/mol. The molecular formula is C14H20N2O. The first-order valence-corrected chi connectivity index (χ1v) is 6.28. The molecule has 0 saturated carbocycles. The zero-order chi connectivity index (χ0) is 12.3. The van der Waals surface area contributed by atoms with Crippen LogP contribution < -0.4 is 10.6 Å². The van der Waals surface area contributed by atoms with E-state index in [0.717, 1.165) is 19.4 Å². The van der Waals surface area contributed by atoms with Crippen LogP contribution >= 0.6 is 0 Å². The summed E-state index contributed by atoms with van der Waals surface area (Å²) in [6.07, 6.45) is 1.99. The van der Waals surface area contributed by atoms with E-state index in [4.69, 9.17) is 0 Å². The molecule has 0 aliphatic carbocycles. The van der Waals surface area contributed by atoms with Gasteiger partial charge >= 0.3 is 0 Å². The third-order valence-corrected chi connectivity index (χ3v) is 3.39. The standard InChI is InChI=1S/C14H20N2O/c1-10-6-3-4-7-12(10)11(2)16-13-8-5-9-15-14(13)17/h3-4,6-7,11,13,16H,5,8-9H2,1-2H3,(H,15,17). The lowest BCUT2D eigenvalue weighted by atomic mass is 10.00. The minimum Gasteiger partial charge on any atom is -0.355 e. The average molecular weight is 232 g/mol. The van der Waals surface area contributed by atoms with Gasteiger partial charge in [-0.1, -0.05) is 24.3 Å². The van der Waals surface area contributed by atoms with E-state index < -0.39 is 0 Å². The Bertz CT molecular complexity index is 403. The third kappa shape index (κ3) is 2.86. The van der Waals surface area contributed by atoms with Crippen LogP contribution in [0.3, 0.4) is 0 Å². The molecule has 3 heteroatoms. The number of nitrogens with one attached hydrogen (secondary N) is 2. The lowest BCUT2D eigenvalue weighted by Crippen LogP contribution is -2.48. The molecule has 1 heterocycles. The Kier molecular flexibility index (Phi) is 3.79. The molecule has 2 rings (SSSR count). The van der Waals surface area contributed by atoms with Crippen molar-refractivity contribution in [2.24, 2.45) is 0 Å². The molecule has 2 N–H and O–H groups in total. The molecule has 0 spiro atoms. The highest BCUT2D eigenvalue weighted by molar-refractivity contribution is 5.82. The normalized spacial score (nSPS) is 22.0. The molecule has 92 valence electrons. The predicted molar refractivity (Wildman–Crippen MR) is 68.8 cm³/mol. The van der Waals surface area contributed by atoms with Crippen LogP contribution in [-0.2, 0) is 4.79 Å². The summed E-state index contributed by atoms with van der Waals surface area (Å²) >= 11 is 0. The molecule has 1 saturated heterocycles. The van der Waals surface area contributed by atoms with Crippen LogP contribution in [0.2, 0.25) is 0 Å². The Morgan fingerprint density at radius 2 is 2.18 bits per heavy atom. The van der Waals surface area contributed by atoms with E-state index in [9.17, 15) is 4.79 Å². The summed E-state index contributed by atoms with van der Waals surface area (Å²) in [5.41, 5.74) is 2.54. The summed E-state index contributed by atoms with van der Waals surface area (Å²) < 4.78 is 0. The summed E-state index contributed by atoms with van der Waals surface area (Å²) in [7, 11) is 0. The number of piperidine rings is 1. The van der Waals surface area contributed by atoms with Crippen LogP contribution in [-0.4, -0.2) is 18.5 Å². The fraction of sp³-hybridized carbons (Fsp3) is 0.500. The number of hydrogen-bond donors (Lipinski definition) is 2. The molecule has 1 aliphatic heterocycles. The van der Waals surface area contributed by atoms with Gasteiger partial charge in [-0.25, -0.2) is 0 Å². The number of benzene rings is 1. The molecule has 1 aliphatic rings. The van der Waals surface area contributed by atoms with Gasteiger partial charge < -0.3 is 5.32 Å². The zero-order valence-electron chi connectivity index (χ0n) is 10.5. The van der Waals surface area contributed by atoms with Gasteiger partial charge in [-0.3, -0.25) is 10.1 Å². The summed E-state index contributed by atoms with van der Waals surface area (Å²) in [6.45, 7) is 5.04. The van der Waals surface area contributed by atoms with E-state index >= 15 is 0 Å². The van der Waals surface area contributed by atoms with Crippen LogP contribution in [0.4, 0.5) is 0 Å². The van der Waals surface area contributed by atoms with Crippen molar-refractivity contribution in [1.29, 1.82) is 0 Å². The van der Waals surface area contributed by atoms with E-state index in [1.807, 2.05) is 12.1 Å². The molecule has 2 unspecified atom stereocenters. The van der Waals surface area contributed by atoms with Gasteiger partial charge in [-0.05, 0) is 37.8 Å². The Labute approximate surface area is 103 Å². The lowest BCUT2D eigenvalue weighted by molar-refractivity contribution is -0.124. The zero-order valence-corrected chi connectivity index (χ0v) is 10.5. The lowest BCUT2D eigenvalue weighted by Gasteiger charge is -2.27. The molecule has 1 aromatic carbocycles. The highest BCUT2D eigenvalue weighted by Crippen LogP contribution is 2.18. The maximum Gasteiger partial charge on any atom is 0.237 e. The van der Waals surface area contributed by atoms with Gasteiger partial charge in [0.2, 0.25) is 5.91 Å². The van der Waals surface area contributed by atoms with Crippen LogP contribution in [0.1, 0.15) is 36.9 Å². The van der Waals surface area contributed by atoms with Crippen LogP contribution in [0.5, 0.6) is 0 Å². The molecule has 0 aromatic heterocycles. The maximum atomic E-state index is 11.7. The summed E-state index contributed by atoms with van der Waals surface area (Å²) in [5, 5.41) is 6.32. The molecule has 0 bridgehead atoms. The third-order valence-electron chi connectivity index (χ3n) is 3.39. The molecule has 0 radical (unpaired) electrons. The van der Waals surface area contributed by atoms with Crippen molar-refractivity contribution in [1.82, 2.24) is 10.6 Å². The number of carbonyl (C=O) groups excluding carboxylic acids is 1. The van der Waals surface area contributed by atoms with Crippen molar-refractivity contribution < 1.29 is 4.79 Å². The molecule has 1 amide bonds.